The van der Waals surface area contributed by atoms with Crippen LogP contribution in [-0.2, 0) is 28.7 Å². The third kappa shape index (κ3) is 9.93. The Labute approximate surface area is 349 Å². The van der Waals surface area contributed by atoms with Gasteiger partial charge in [-0.05, 0) is 61.8 Å². The highest BCUT2D eigenvalue weighted by Gasteiger charge is 2.45. The van der Waals surface area contributed by atoms with Gasteiger partial charge < -0.3 is 30.3 Å². The van der Waals surface area contributed by atoms with Crippen LogP contribution in [0.3, 0.4) is 0 Å². The molecule has 1 saturated carbocycles. The third-order valence-corrected chi connectivity index (χ3v) is 11.9. The van der Waals surface area contributed by atoms with Crippen LogP contribution < -0.4 is 21.3 Å². The fraction of sp³-hybridized carbons (Fsp3) is 0.571. The molecule has 3 aromatic rings. The van der Waals surface area contributed by atoms with E-state index in [9.17, 15) is 28.8 Å². The highest BCUT2D eigenvalue weighted by atomic mass is 16.5. The van der Waals surface area contributed by atoms with E-state index in [1.807, 2.05) is 15.6 Å². The maximum absolute atomic E-state index is 13.2. The van der Waals surface area contributed by atoms with E-state index < -0.39 is 29.7 Å². The Balaban J connectivity index is 0.707. The highest BCUT2D eigenvalue weighted by molar-refractivity contribution is 6.25. The Morgan fingerprint density at radius 1 is 0.883 bits per heavy atom. The van der Waals surface area contributed by atoms with Crippen LogP contribution in [0.2, 0.25) is 0 Å². The molecule has 322 valence electrons. The van der Waals surface area contributed by atoms with Crippen molar-refractivity contribution in [3.8, 4) is 0 Å². The van der Waals surface area contributed by atoms with Crippen molar-refractivity contribution in [3.05, 3.63) is 53.5 Å². The lowest BCUT2D eigenvalue weighted by molar-refractivity contribution is -0.136. The number of aromatic nitrogens is 3. The van der Waals surface area contributed by atoms with E-state index in [1.54, 1.807) is 24.5 Å². The molecule has 4 N–H and O–H groups in total. The van der Waals surface area contributed by atoms with E-state index in [2.05, 4.69) is 56.2 Å². The van der Waals surface area contributed by atoms with Crippen molar-refractivity contribution in [2.75, 3.05) is 76.3 Å². The first-order valence-electron chi connectivity index (χ1n) is 21.2. The van der Waals surface area contributed by atoms with Gasteiger partial charge in [-0.15, -0.1) is 0 Å². The van der Waals surface area contributed by atoms with Crippen molar-refractivity contribution in [2.45, 2.75) is 89.3 Å². The van der Waals surface area contributed by atoms with Gasteiger partial charge in [0.25, 0.3) is 11.8 Å². The molecule has 1 aliphatic carbocycles. The molecule has 18 heteroatoms. The topological polar surface area (TPSA) is 209 Å². The summed E-state index contributed by atoms with van der Waals surface area (Å²) in [5.74, 6) is -1.11. The van der Waals surface area contributed by atoms with Crippen LogP contribution in [-0.4, -0.2) is 149 Å². The number of fused-ring (bicyclic) bond motifs is 2. The van der Waals surface area contributed by atoms with Crippen molar-refractivity contribution < 1.29 is 38.2 Å². The third-order valence-electron chi connectivity index (χ3n) is 11.9. The summed E-state index contributed by atoms with van der Waals surface area (Å²) in [6.45, 7) is 9.31. The number of carbonyl (C=O) groups excluding carboxylic acids is 6. The molecule has 2 saturated heterocycles. The van der Waals surface area contributed by atoms with Crippen LogP contribution in [0, 0.1) is 0 Å². The van der Waals surface area contributed by atoms with Gasteiger partial charge in [0.2, 0.25) is 23.6 Å². The predicted molar refractivity (Wildman–Crippen MR) is 220 cm³/mol. The number of hydrogen-bond donors (Lipinski definition) is 4. The average Bonchev–Trinajstić information content (AvgIpc) is 3.80. The van der Waals surface area contributed by atoms with Crippen LogP contribution in [0.1, 0.15) is 97.4 Å². The molecule has 4 aliphatic rings. The molecule has 1 atom stereocenters. The Kier molecular flexibility index (Phi) is 14.0. The Bertz CT molecular complexity index is 2060. The van der Waals surface area contributed by atoms with Crippen LogP contribution in [0.15, 0.2) is 36.8 Å². The van der Waals surface area contributed by atoms with Crippen molar-refractivity contribution >= 4 is 52.5 Å². The monoisotopic (exact) mass is 828 g/mol. The zero-order valence-electron chi connectivity index (χ0n) is 34.5. The molecule has 6 amide bonds. The molecular weight excluding hydrogens is 773 g/mol. The van der Waals surface area contributed by atoms with Gasteiger partial charge in [-0.3, -0.25) is 43.9 Å². The maximum atomic E-state index is 13.2. The van der Waals surface area contributed by atoms with E-state index in [1.165, 1.54) is 5.56 Å². The van der Waals surface area contributed by atoms with E-state index in [4.69, 9.17) is 9.47 Å². The fourth-order valence-electron chi connectivity index (χ4n) is 8.64. The SMILES string of the molecule is CC(C)c1ccn2ncnc(NC3CCC(N4CCN(C(=O)CCC(=O)NCCOCCOCCNc5cccc6c5C(=O)N(C5CCC(=O)NC5=O)C6=O)CC4)CC3)c12. The van der Waals surface area contributed by atoms with Gasteiger partial charge in [-0.25, -0.2) is 9.50 Å². The molecule has 60 heavy (non-hydrogen) atoms. The van der Waals surface area contributed by atoms with Gasteiger partial charge in [-0.1, -0.05) is 19.9 Å². The first-order valence-corrected chi connectivity index (χ1v) is 21.2. The number of nitrogens with zero attached hydrogens (tertiary/aromatic N) is 6. The number of carbonyl (C=O) groups is 6. The first-order chi connectivity index (χ1) is 29.1. The number of amides is 6. The van der Waals surface area contributed by atoms with Crippen LogP contribution in [0.25, 0.3) is 5.52 Å². The van der Waals surface area contributed by atoms with Gasteiger partial charge in [0, 0.05) is 82.5 Å². The van der Waals surface area contributed by atoms with E-state index in [-0.39, 0.29) is 48.6 Å². The van der Waals surface area contributed by atoms with Gasteiger partial charge in [0.05, 0.1) is 37.6 Å². The minimum absolute atomic E-state index is 0.00819. The molecule has 3 aliphatic heterocycles. The lowest BCUT2D eigenvalue weighted by Gasteiger charge is -2.42. The average molecular weight is 829 g/mol. The summed E-state index contributed by atoms with van der Waals surface area (Å²) >= 11 is 0. The minimum atomic E-state index is -1.03. The molecule has 0 radical (unpaired) electrons. The lowest BCUT2D eigenvalue weighted by atomic mass is 9.89. The van der Waals surface area contributed by atoms with Crippen LogP contribution in [0.4, 0.5) is 11.5 Å². The standard InChI is InChI=1S/C42H56N10O8/c1-27(2)30-14-17-51-38(30)39(45-26-46-51)47-28-6-8-29(9-7-28)49-18-20-50(21-19-49)36(55)13-12-34(53)44-16-23-60-25-24-59-22-15-43-32-5-3-4-31-37(32)42(58)52(41(31)57)33-10-11-35(54)48-40(33)56/h3-5,14,17,26-29,33,43H,6-13,15-16,18-25H2,1-2H3,(H,44,53)(H,45,46,47)(H,48,54,56). The van der Waals surface area contributed by atoms with Crippen molar-refractivity contribution in [1.82, 2.24) is 39.9 Å². The molecule has 1 unspecified atom stereocenters. The van der Waals surface area contributed by atoms with Crippen molar-refractivity contribution in [2.24, 2.45) is 0 Å². The van der Waals surface area contributed by atoms with Crippen molar-refractivity contribution in [3.63, 3.8) is 0 Å². The zero-order chi connectivity index (χ0) is 42.2. The Morgan fingerprint density at radius 2 is 1.63 bits per heavy atom. The predicted octanol–water partition coefficient (Wildman–Crippen LogP) is 2.16. The number of nitrogens with one attached hydrogen (secondary N) is 4. The molecular formula is C42H56N10O8. The van der Waals surface area contributed by atoms with Gasteiger partial charge >= 0.3 is 0 Å². The van der Waals surface area contributed by atoms with Crippen LogP contribution >= 0.6 is 0 Å². The fourth-order valence-corrected chi connectivity index (χ4v) is 8.64. The molecule has 5 heterocycles. The summed E-state index contributed by atoms with van der Waals surface area (Å²) in [5.41, 5.74) is 3.16. The van der Waals surface area contributed by atoms with Gasteiger partial charge in [0.1, 0.15) is 17.9 Å². The summed E-state index contributed by atoms with van der Waals surface area (Å²) in [6, 6.07) is 6.85. The minimum Gasteiger partial charge on any atom is -0.382 e. The Hall–Kier alpha value is -5.46. The lowest BCUT2D eigenvalue weighted by Crippen LogP contribution is -2.54. The molecule has 1 aromatic carbocycles. The number of piperazine rings is 1. The Morgan fingerprint density at radius 3 is 2.37 bits per heavy atom. The summed E-state index contributed by atoms with van der Waals surface area (Å²) in [4.78, 5) is 85.4. The van der Waals surface area contributed by atoms with Gasteiger partial charge in [-0.2, -0.15) is 5.10 Å². The largest absolute Gasteiger partial charge is 0.382 e. The molecule has 0 bridgehead atoms. The summed E-state index contributed by atoms with van der Waals surface area (Å²) in [6.07, 6.45) is 8.38. The quantitative estimate of drug-likeness (QED) is 0.107. The number of rotatable bonds is 18. The van der Waals surface area contributed by atoms with E-state index in [0.717, 1.165) is 55.0 Å². The molecule has 18 nitrogen and oxygen atoms in total. The van der Waals surface area contributed by atoms with E-state index in [0.29, 0.717) is 76.3 Å². The molecule has 2 aromatic heterocycles. The number of benzene rings is 1. The van der Waals surface area contributed by atoms with E-state index >= 15 is 0 Å². The number of piperidine rings is 1. The second-order valence-corrected chi connectivity index (χ2v) is 16.1. The van der Waals surface area contributed by atoms with Gasteiger partial charge in [0.15, 0.2) is 5.82 Å². The molecule has 0 spiro atoms. The summed E-state index contributed by atoms with van der Waals surface area (Å²) in [5, 5.41) is 16.2. The smallest absolute Gasteiger partial charge is 0.264 e. The number of imide groups is 2. The summed E-state index contributed by atoms with van der Waals surface area (Å²) < 4.78 is 13.1. The first kappa shape index (κ1) is 42.7. The molecule has 7 rings (SSSR count). The molecule has 3 fully saturated rings. The zero-order valence-corrected chi connectivity index (χ0v) is 34.5. The number of ether oxygens (including phenoxy) is 2. The second kappa shape index (κ2) is 19.7. The van der Waals surface area contributed by atoms with Crippen LogP contribution in [0.5, 0.6) is 0 Å². The second-order valence-electron chi connectivity index (χ2n) is 16.1. The maximum Gasteiger partial charge on any atom is 0.264 e. The normalized spacial score (nSPS) is 21.1. The summed E-state index contributed by atoms with van der Waals surface area (Å²) in [7, 11) is 0. The number of anilines is 2. The number of hydrogen-bond acceptors (Lipinski definition) is 13. The highest BCUT2D eigenvalue weighted by Crippen LogP contribution is 2.33. The van der Waals surface area contributed by atoms with Crippen molar-refractivity contribution in [1.29, 1.82) is 0 Å².